The first kappa shape index (κ1) is 13.3. The molecule has 0 bridgehead atoms. The lowest BCUT2D eigenvalue weighted by Crippen LogP contribution is -2.50. The fourth-order valence-electron chi connectivity index (χ4n) is 3.50. The number of likely N-dealkylation sites (tertiary alicyclic amines) is 1. The van der Waals surface area contributed by atoms with Crippen LogP contribution in [-0.2, 0) is 11.3 Å². The van der Waals surface area contributed by atoms with Crippen LogP contribution >= 0.6 is 11.3 Å². The Morgan fingerprint density at radius 3 is 3.35 bits per heavy atom. The molecule has 2 atom stereocenters. The van der Waals surface area contributed by atoms with Gasteiger partial charge in [-0.05, 0) is 23.9 Å². The second kappa shape index (κ2) is 4.90. The molecule has 1 saturated heterocycles. The zero-order valence-electron chi connectivity index (χ0n) is 12.3. The molecule has 2 aliphatic heterocycles. The highest BCUT2D eigenvalue weighted by molar-refractivity contribution is 7.17. The summed E-state index contributed by atoms with van der Waals surface area (Å²) in [5, 5.41) is 10.2. The van der Waals surface area contributed by atoms with Crippen LogP contribution in [0.5, 0.6) is 0 Å². The van der Waals surface area contributed by atoms with Gasteiger partial charge in [-0.2, -0.15) is 0 Å². The number of H-pyrrole nitrogens is 1. The van der Waals surface area contributed by atoms with Gasteiger partial charge < -0.3 is 14.6 Å². The molecule has 8 heteroatoms. The van der Waals surface area contributed by atoms with Gasteiger partial charge in [0.2, 0.25) is 0 Å². The molecule has 0 saturated carbocycles. The number of thiophene rings is 1. The number of nitrogens with zero attached hydrogens (tertiary/aromatic N) is 4. The van der Waals surface area contributed by atoms with Crippen LogP contribution in [-0.4, -0.2) is 50.0 Å². The monoisotopic (exact) mass is 329 g/mol. The molecule has 1 N–H and O–H groups in total. The second-order valence-electron chi connectivity index (χ2n) is 6.01. The summed E-state index contributed by atoms with van der Waals surface area (Å²) in [7, 11) is 0. The third-order valence-corrected chi connectivity index (χ3v) is 5.55. The predicted octanol–water partition coefficient (Wildman–Crippen LogP) is 1.81. The van der Waals surface area contributed by atoms with Crippen molar-refractivity contribution in [1.82, 2.24) is 24.9 Å². The van der Waals surface area contributed by atoms with Gasteiger partial charge >= 0.3 is 0 Å². The first-order valence-electron chi connectivity index (χ1n) is 7.66. The van der Waals surface area contributed by atoms with Gasteiger partial charge in [-0.25, -0.2) is 4.68 Å². The molecule has 0 unspecified atom stereocenters. The van der Waals surface area contributed by atoms with E-state index in [1.807, 2.05) is 27.1 Å². The average molecular weight is 329 g/mol. The van der Waals surface area contributed by atoms with Crippen LogP contribution in [0.2, 0.25) is 0 Å². The number of amides is 1. The van der Waals surface area contributed by atoms with Gasteiger partial charge in [0.25, 0.3) is 5.91 Å². The van der Waals surface area contributed by atoms with Crippen LogP contribution in [0.25, 0.3) is 10.2 Å². The fourth-order valence-corrected chi connectivity index (χ4v) is 4.28. The van der Waals surface area contributed by atoms with Crippen molar-refractivity contribution in [1.29, 1.82) is 0 Å². The van der Waals surface area contributed by atoms with Gasteiger partial charge in [0.15, 0.2) is 0 Å². The zero-order chi connectivity index (χ0) is 15.4. The molecule has 118 valence electrons. The van der Waals surface area contributed by atoms with Crippen LogP contribution < -0.4 is 0 Å². The maximum atomic E-state index is 12.8. The van der Waals surface area contributed by atoms with Crippen LogP contribution in [0, 0.1) is 0 Å². The smallest absolute Gasteiger partial charge is 0.270 e. The highest BCUT2D eigenvalue weighted by atomic mass is 32.1. The van der Waals surface area contributed by atoms with E-state index in [1.165, 1.54) is 0 Å². The molecule has 1 fully saturated rings. The summed E-state index contributed by atoms with van der Waals surface area (Å²) in [6, 6.07) is 3.99. The number of piperidine rings is 1. The highest BCUT2D eigenvalue weighted by Gasteiger charge is 2.38. The summed E-state index contributed by atoms with van der Waals surface area (Å²) in [5.41, 5.74) is 2.65. The maximum Gasteiger partial charge on any atom is 0.270 e. The minimum Gasteiger partial charge on any atom is -0.370 e. The van der Waals surface area contributed by atoms with Crippen molar-refractivity contribution in [2.45, 2.75) is 25.2 Å². The largest absolute Gasteiger partial charge is 0.370 e. The van der Waals surface area contributed by atoms with E-state index in [-0.39, 0.29) is 18.1 Å². The van der Waals surface area contributed by atoms with Crippen molar-refractivity contribution in [2.24, 2.45) is 0 Å². The molecule has 5 heterocycles. The normalized spacial score (nSPS) is 23.7. The van der Waals surface area contributed by atoms with Crippen molar-refractivity contribution in [3.63, 3.8) is 0 Å². The molecule has 1 amide bonds. The molecule has 7 nitrogen and oxygen atoms in total. The Morgan fingerprint density at radius 1 is 1.48 bits per heavy atom. The lowest BCUT2D eigenvalue weighted by molar-refractivity contribution is -0.0605. The van der Waals surface area contributed by atoms with Gasteiger partial charge in [-0.1, -0.05) is 5.21 Å². The van der Waals surface area contributed by atoms with E-state index in [0.29, 0.717) is 25.4 Å². The molecule has 0 aromatic carbocycles. The first-order chi connectivity index (χ1) is 11.3. The van der Waals surface area contributed by atoms with Crippen molar-refractivity contribution in [3.8, 4) is 0 Å². The summed E-state index contributed by atoms with van der Waals surface area (Å²) in [6.45, 7) is 1.86. The number of ether oxygens (including phenoxy) is 1. The van der Waals surface area contributed by atoms with Gasteiger partial charge in [0.1, 0.15) is 5.69 Å². The number of aromatic nitrogens is 4. The van der Waals surface area contributed by atoms with Gasteiger partial charge in [-0.3, -0.25) is 4.79 Å². The summed E-state index contributed by atoms with van der Waals surface area (Å²) in [6.07, 6.45) is 2.67. The lowest BCUT2D eigenvalue weighted by atomic mass is 10.00. The third kappa shape index (κ3) is 2.02. The molecule has 23 heavy (non-hydrogen) atoms. The predicted molar refractivity (Wildman–Crippen MR) is 84.3 cm³/mol. The highest BCUT2D eigenvalue weighted by Crippen LogP contribution is 2.31. The Bertz CT molecular complexity index is 853. The van der Waals surface area contributed by atoms with Gasteiger partial charge in [0.05, 0.1) is 40.9 Å². The number of fused-ring (bicyclic) bond motifs is 4. The molecule has 3 aromatic heterocycles. The second-order valence-corrected chi connectivity index (χ2v) is 6.96. The Kier molecular flexibility index (Phi) is 2.83. The average Bonchev–Trinajstić information content (AvgIpc) is 3.28. The SMILES string of the molecule is O=C(c1cc2sccc2[nH]1)N1CC[C@@H]2OCc3cnnn3[C@@H]2C1. The standard InChI is InChI=1S/C15H15N5O2S/c21-15(11-5-14-10(17-11)2-4-23-14)19-3-1-13-12(7-19)20-9(8-22-13)6-16-18-20/h2,4-6,12-13,17H,1,3,7-8H2/t12-,13+/m1/s1. The summed E-state index contributed by atoms with van der Waals surface area (Å²) in [5.74, 6) is 0.0408. The minimum absolute atomic E-state index is 0.0408. The van der Waals surface area contributed by atoms with Crippen LogP contribution in [0.3, 0.4) is 0 Å². The topological polar surface area (TPSA) is 76.0 Å². The Labute approximate surface area is 135 Å². The van der Waals surface area contributed by atoms with E-state index in [2.05, 4.69) is 15.3 Å². The molecular formula is C15H15N5O2S. The van der Waals surface area contributed by atoms with Gasteiger partial charge in [0, 0.05) is 13.1 Å². The van der Waals surface area contributed by atoms with Crippen LogP contribution in [0.4, 0.5) is 0 Å². The number of carbonyl (C=O) groups is 1. The van der Waals surface area contributed by atoms with Crippen LogP contribution in [0.15, 0.2) is 23.7 Å². The molecule has 2 aliphatic rings. The lowest BCUT2D eigenvalue weighted by Gasteiger charge is -2.40. The van der Waals surface area contributed by atoms with E-state index < -0.39 is 0 Å². The van der Waals surface area contributed by atoms with Crippen molar-refractivity contribution in [2.75, 3.05) is 13.1 Å². The number of hydrogen-bond acceptors (Lipinski definition) is 5. The fraction of sp³-hybridized carbons (Fsp3) is 0.400. The zero-order valence-corrected chi connectivity index (χ0v) is 13.1. The maximum absolute atomic E-state index is 12.8. The van der Waals surface area contributed by atoms with E-state index in [1.54, 1.807) is 17.5 Å². The quantitative estimate of drug-likeness (QED) is 0.739. The molecule has 3 aromatic rings. The van der Waals surface area contributed by atoms with Gasteiger partial charge in [-0.15, -0.1) is 16.4 Å². The summed E-state index contributed by atoms with van der Waals surface area (Å²) in [4.78, 5) is 17.9. The number of nitrogens with one attached hydrogen (secondary N) is 1. The summed E-state index contributed by atoms with van der Waals surface area (Å²) < 4.78 is 8.92. The molecular weight excluding hydrogens is 314 g/mol. The number of aromatic amines is 1. The Morgan fingerprint density at radius 2 is 2.43 bits per heavy atom. The molecule has 0 radical (unpaired) electrons. The minimum atomic E-state index is 0.0408. The Hall–Kier alpha value is -2.19. The number of carbonyl (C=O) groups excluding carboxylic acids is 1. The first-order valence-corrected chi connectivity index (χ1v) is 8.54. The van der Waals surface area contributed by atoms with E-state index in [4.69, 9.17) is 4.74 Å². The summed E-state index contributed by atoms with van der Waals surface area (Å²) >= 11 is 1.64. The van der Waals surface area contributed by atoms with Crippen molar-refractivity contribution >= 4 is 27.5 Å². The number of hydrogen-bond donors (Lipinski definition) is 1. The van der Waals surface area contributed by atoms with Crippen LogP contribution in [0.1, 0.15) is 28.6 Å². The van der Waals surface area contributed by atoms with Crippen molar-refractivity contribution in [3.05, 3.63) is 35.1 Å². The van der Waals surface area contributed by atoms with E-state index in [0.717, 1.165) is 22.3 Å². The molecule has 0 aliphatic carbocycles. The van der Waals surface area contributed by atoms with E-state index in [9.17, 15) is 4.79 Å². The third-order valence-electron chi connectivity index (χ3n) is 4.69. The number of rotatable bonds is 1. The molecule has 5 rings (SSSR count). The van der Waals surface area contributed by atoms with Crippen molar-refractivity contribution < 1.29 is 9.53 Å². The Balaban J connectivity index is 1.42. The molecule has 0 spiro atoms. The van der Waals surface area contributed by atoms with E-state index >= 15 is 0 Å².